The Labute approximate surface area is 176 Å². The molecule has 156 valence electrons. The van der Waals surface area contributed by atoms with Gasteiger partial charge in [-0.15, -0.1) is 0 Å². The van der Waals surface area contributed by atoms with Crippen LogP contribution in [0.25, 0.3) is 22.0 Å². The summed E-state index contributed by atoms with van der Waals surface area (Å²) >= 11 is 0. The van der Waals surface area contributed by atoms with Gasteiger partial charge in [-0.3, -0.25) is 14.7 Å². The third kappa shape index (κ3) is 4.43. The molecule has 0 saturated heterocycles. The van der Waals surface area contributed by atoms with Crippen molar-refractivity contribution in [2.24, 2.45) is 5.92 Å². The molecule has 0 radical (unpaired) electrons. The van der Waals surface area contributed by atoms with Crippen molar-refractivity contribution >= 4 is 34.3 Å². The number of carboxylic acid groups (broad SMARTS) is 1. The molecule has 0 spiro atoms. The molecule has 0 unspecified atom stereocenters. The van der Waals surface area contributed by atoms with Crippen LogP contribution in [0.15, 0.2) is 42.5 Å². The van der Waals surface area contributed by atoms with E-state index in [2.05, 4.69) is 19.2 Å². The Balaban J connectivity index is 2.43. The minimum Gasteiger partial charge on any atom is -0.465 e. The Morgan fingerprint density at radius 2 is 1.80 bits per heavy atom. The number of aryl methyl sites for hydroxylation is 1. The quantitative estimate of drug-likeness (QED) is 0.589. The maximum absolute atomic E-state index is 12.0. The number of nitrogens with zero attached hydrogens (tertiary/aromatic N) is 2. The van der Waals surface area contributed by atoms with Gasteiger partial charge in [-0.1, -0.05) is 43.7 Å². The molecular weight excluding hydrogens is 378 g/mol. The highest BCUT2D eigenvalue weighted by Crippen LogP contribution is 2.40. The molecule has 6 nitrogen and oxygen atoms in total. The standard InChI is InChI=1S/C24H27N3O3/c1-14(2)12-21-23(27(5)24(29)30)22(17-8-6-15(3)7-9-17)19-13-18(25-16(4)28)10-11-20(19)26-21/h6-11,13-14H,12H2,1-5H3,(H,25,28)(H,29,30). The first-order valence-corrected chi connectivity index (χ1v) is 9.95. The summed E-state index contributed by atoms with van der Waals surface area (Å²) in [6, 6.07) is 13.5. The largest absolute Gasteiger partial charge is 0.465 e. The van der Waals surface area contributed by atoms with Gasteiger partial charge in [0.2, 0.25) is 5.91 Å². The molecule has 1 aromatic heterocycles. The highest BCUT2D eigenvalue weighted by Gasteiger charge is 2.23. The highest BCUT2D eigenvalue weighted by atomic mass is 16.4. The van der Waals surface area contributed by atoms with E-state index in [0.717, 1.165) is 33.3 Å². The molecule has 0 aliphatic heterocycles. The van der Waals surface area contributed by atoms with Crippen LogP contribution in [0.3, 0.4) is 0 Å². The van der Waals surface area contributed by atoms with E-state index in [-0.39, 0.29) is 5.91 Å². The number of carbonyl (C=O) groups is 2. The van der Waals surface area contributed by atoms with Gasteiger partial charge in [0.25, 0.3) is 0 Å². The summed E-state index contributed by atoms with van der Waals surface area (Å²) in [5.41, 5.74) is 5.54. The third-order valence-corrected chi connectivity index (χ3v) is 4.92. The molecule has 0 fully saturated rings. The second-order valence-corrected chi connectivity index (χ2v) is 8.00. The molecule has 6 heteroatoms. The number of nitrogens with one attached hydrogen (secondary N) is 1. The van der Waals surface area contributed by atoms with Crippen LogP contribution < -0.4 is 10.2 Å². The Morgan fingerprint density at radius 3 is 2.37 bits per heavy atom. The minimum atomic E-state index is -1.05. The zero-order valence-electron chi connectivity index (χ0n) is 18.0. The zero-order chi connectivity index (χ0) is 22.0. The normalized spacial score (nSPS) is 11.0. The highest BCUT2D eigenvalue weighted by molar-refractivity contribution is 6.07. The molecule has 0 saturated carbocycles. The summed E-state index contributed by atoms with van der Waals surface area (Å²) in [4.78, 5) is 29.6. The Kier molecular flexibility index (Phi) is 6.06. The molecule has 3 rings (SSSR count). The summed E-state index contributed by atoms with van der Waals surface area (Å²) in [6.45, 7) is 7.64. The van der Waals surface area contributed by atoms with Crippen LogP contribution in [0, 0.1) is 12.8 Å². The number of anilines is 2. The Hall–Kier alpha value is -3.41. The average Bonchev–Trinajstić information content (AvgIpc) is 2.66. The van der Waals surface area contributed by atoms with E-state index in [1.807, 2.05) is 49.4 Å². The van der Waals surface area contributed by atoms with E-state index in [4.69, 9.17) is 4.98 Å². The molecule has 0 aliphatic carbocycles. The molecule has 0 aliphatic rings. The molecular formula is C24H27N3O3. The minimum absolute atomic E-state index is 0.168. The summed E-state index contributed by atoms with van der Waals surface area (Å²) in [5.74, 6) is 0.138. The van der Waals surface area contributed by atoms with Crippen LogP contribution in [0.4, 0.5) is 16.2 Å². The number of hydrogen-bond donors (Lipinski definition) is 2. The van der Waals surface area contributed by atoms with E-state index >= 15 is 0 Å². The predicted octanol–water partition coefficient (Wildman–Crippen LogP) is 5.48. The summed E-state index contributed by atoms with van der Waals surface area (Å²) in [6.07, 6.45) is -0.401. The van der Waals surface area contributed by atoms with Crippen molar-refractivity contribution in [3.63, 3.8) is 0 Å². The van der Waals surface area contributed by atoms with Crippen molar-refractivity contribution in [3.05, 3.63) is 53.7 Å². The lowest BCUT2D eigenvalue weighted by Gasteiger charge is -2.24. The number of pyridine rings is 1. The topological polar surface area (TPSA) is 82.5 Å². The lowest BCUT2D eigenvalue weighted by Crippen LogP contribution is -2.26. The molecule has 3 aromatic rings. The van der Waals surface area contributed by atoms with Gasteiger partial charge in [0.05, 0.1) is 16.9 Å². The first-order chi connectivity index (χ1) is 14.2. The van der Waals surface area contributed by atoms with Gasteiger partial charge in [0.15, 0.2) is 0 Å². The van der Waals surface area contributed by atoms with Crippen molar-refractivity contribution in [2.75, 3.05) is 17.3 Å². The SMILES string of the molecule is CC(=O)Nc1ccc2nc(CC(C)C)c(N(C)C(=O)O)c(-c3ccc(C)cc3)c2c1. The summed E-state index contributed by atoms with van der Waals surface area (Å²) in [5, 5.41) is 13.4. The van der Waals surface area contributed by atoms with Crippen molar-refractivity contribution < 1.29 is 14.7 Å². The number of rotatable bonds is 5. The first-order valence-electron chi connectivity index (χ1n) is 9.95. The summed E-state index contributed by atoms with van der Waals surface area (Å²) in [7, 11) is 1.55. The van der Waals surface area contributed by atoms with E-state index in [1.165, 1.54) is 11.8 Å². The van der Waals surface area contributed by atoms with Crippen LogP contribution >= 0.6 is 0 Å². The van der Waals surface area contributed by atoms with Gasteiger partial charge in [-0.05, 0) is 43.0 Å². The molecule has 2 N–H and O–H groups in total. The van der Waals surface area contributed by atoms with Gasteiger partial charge >= 0.3 is 6.09 Å². The molecule has 1 heterocycles. The molecule has 30 heavy (non-hydrogen) atoms. The van der Waals surface area contributed by atoms with Crippen LogP contribution in [-0.2, 0) is 11.2 Å². The number of amides is 2. The molecule has 0 bridgehead atoms. The van der Waals surface area contributed by atoms with Crippen molar-refractivity contribution in [3.8, 4) is 11.1 Å². The van der Waals surface area contributed by atoms with E-state index in [0.29, 0.717) is 23.7 Å². The number of benzene rings is 2. The molecule has 0 atom stereocenters. The lowest BCUT2D eigenvalue weighted by molar-refractivity contribution is -0.114. The third-order valence-electron chi connectivity index (χ3n) is 4.92. The molecule has 2 aromatic carbocycles. The number of aromatic nitrogens is 1. The summed E-state index contributed by atoms with van der Waals surface area (Å²) < 4.78 is 0. The number of carbonyl (C=O) groups excluding carboxylic acids is 1. The first kappa shape index (κ1) is 21.3. The maximum atomic E-state index is 12.0. The van der Waals surface area contributed by atoms with Crippen molar-refractivity contribution in [2.45, 2.75) is 34.1 Å². The van der Waals surface area contributed by atoms with Crippen LogP contribution in [0.1, 0.15) is 32.0 Å². The van der Waals surface area contributed by atoms with Crippen LogP contribution in [0.5, 0.6) is 0 Å². The van der Waals surface area contributed by atoms with Gasteiger partial charge in [-0.25, -0.2) is 4.79 Å². The van der Waals surface area contributed by atoms with Gasteiger partial charge in [-0.2, -0.15) is 0 Å². The average molecular weight is 405 g/mol. The zero-order valence-corrected chi connectivity index (χ0v) is 18.0. The molecule has 2 amide bonds. The van der Waals surface area contributed by atoms with Gasteiger partial charge < -0.3 is 10.4 Å². The second kappa shape index (κ2) is 8.53. The smallest absolute Gasteiger partial charge is 0.411 e. The Morgan fingerprint density at radius 1 is 1.13 bits per heavy atom. The van der Waals surface area contributed by atoms with E-state index in [9.17, 15) is 14.7 Å². The number of fused-ring (bicyclic) bond motifs is 1. The van der Waals surface area contributed by atoms with Crippen molar-refractivity contribution in [1.29, 1.82) is 0 Å². The van der Waals surface area contributed by atoms with Gasteiger partial charge in [0, 0.05) is 30.6 Å². The van der Waals surface area contributed by atoms with Crippen molar-refractivity contribution in [1.82, 2.24) is 4.98 Å². The van der Waals surface area contributed by atoms with E-state index < -0.39 is 6.09 Å². The predicted molar refractivity (Wildman–Crippen MR) is 121 cm³/mol. The fraction of sp³-hybridized carbons (Fsp3) is 0.292. The Bertz CT molecular complexity index is 1100. The van der Waals surface area contributed by atoms with Crippen LogP contribution in [0.2, 0.25) is 0 Å². The maximum Gasteiger partial charge on any atom is 0.411 e. The second-order valence-electron chi connectivity index (χ2n) is 8.00. The number of hydrogen-bond acceptors (Lipinski definition) is 3. The monoisotopic (exact) mass is 405 g/mol. The van der Waals surface area contributed by atoms with Gasteiger partial charge in [0.1, 0.15) is 0 Å². The lowest BCUT2D eigenvalue weighted by atomic mass is 9.94. The van der Waals surface area contributed by atoms with E-state index in [1.54, 1.807) is 7.05 Å². The fourth-order valence-corrected chi connectivity index (χ4v) is 3.58. The fourth-order valence-electron chi connectivity index (χ4n) is 3.58. The van der Waals surface area contributed by atoms with Crippen LogP contribution in [-0.4, -0.2) is 29.1 Å².